The molecule has 0 saturated heterocycles. The molecule has 6 rings (SSSR count). The number of amides is 2. The van der Waals surface area contributed by atoms with Crippen LogP contribution in [-0.2, 0) is 10.2 Å². The zero-order chi connectivity index (χ0) is 32.4. The van der Waals surface area contributed by atoms with Crippen molar-refractivity contribution in [3.05, 3.63) is 159 Å². The normalized spacial score (nSPS) is 12.5. The molecule has 7 nitrogen and oxygen atoms in total. The van der Waals surface area contributed by atoms with Crippen LogP contribution in [0.3, 0.4) is 0 Å². The maximum absolute atomic E-state index is 13.3. The van der Waals surface area contributed by atoms with Crippen molar-refractivity contribution in [1.82, 2.24) is 0 Å². The highest BCUT2D eigenvalue weighted by atomic mass is 79.9. The van der Waals surface area contributed by atoms with E-state index in [-0.39, 0.29) is 27.9 Å². The van der Waals surface area contributed by atoms with Gasteiger partial charge in [-0.05, 0) is 77.9 Å². The molecule has 1 aliphatic heterocycles. The number of halogens is 1. The molecule has 1 heterocycles. The van der Waals surface area contributed by atoms with Crippen molar-refractivity contribution < 1.29 is 28.7 Å². The largest absolute Gasteiger partial charge is 0.457 e. The first-order chi connectivity index (χ1) is 22.1. The van der Waals surface area contributed by atoms with Crippen molar-refractivity contribution in [1.29, 1.82) is 0 Å². The molecule has 46 heavy (non-hydrogen) atoms. The minimum Gasteiger partial charge on any atom is -0.457 e. The number of rotatable bonds is 9. The highest BCUT2D eigenvalue weighted by Crippen LogP contribution is 2.34. The number of ether oxygens (including phenoxy) is 2. The molecule has 5 aromatic rings. The van der Waals surface area contributed by atoms with Gasteiger partial charge < -0.3 is 9.47 Å². The number of anilines is 1. The molecule has 0 saturated carbocycles. The summed E-state index contributed by atoms with van der Waals surface area (Å²) in [6.45, 7) is 3.90. The number of esters is 1. The van der Waals surface area contributed by atoms with Gasteiger partial charge in [0.05, 0.1) is 22.4 Å². The summed E-state index contributed by atoms with van der Waals surface area (Å²) in [6.07, 6.45) is 0. The molecular weight excluding hydrogens is 646 g/mol. The number of carbonyl (C=O) groups is 4. The minimum atomic E-state index is -0.773. The SMILES string of the molecule is CC(C)(c1ccccc1)c1ccc(Oc2ccc(N3C(=O)c4ccc(C(=O)OCC(=O)c5ccc(Br)cc5)cc4C3=O)cc2)cc1. The van der Waals surface area contributed by atoms with Crippen molar-refractivity contribution >= 4 is 45.2 Å². The van der Waals surface area contributed by atoms with Gasteiger partial charge in [-0.2, -0.15) is 0 Å². The van der Waals surface area contributed by atoms with Crippen LogP contribution in [0.1, 0.15) is 66.4 Å². The third-order valence-electron chi connectivity index (χ3n) is 8.02. The first kappa shape index (κ1) is 30.7. The van der Waals surface area contributed by atoms with E-state index in [1.54, 1.807) is 48.5 Å². The van der Waals surface area contributed by atoms with Gasteiger partial charge in [0.1, 0.15) is 11.5 Å². The standard InChI is InChI=1S/C38H28BrNO6/c1-38(2,26-6-4-3-5-7-26)27-11-17-30(18-12-27)46-31-19-15-29(16-20-31)40-35(42)32-21-10-25(22-33(32)36(40)43)37(44)45-23-34(41)24-8-13-28(39)14-9-24/h3-22H,23H2,1-2H3. The van der Waals surface area contributed by atoms with Crippen LogP contribution in [0, 0.1) is 0 Å². The Hall–Kier alpha value is -5.34. The predicted molar refractivity (Wildman–Crippen MR) is 178 cm³/mol. The summed E-state index contributed by atoms with van der Waals surface area (Å²) in [5.41, 5.74) is 3.27. The summed E-state index contributed by atoms with van der Waals surface area (Å²) >= 11 is 3.31. The van der Waals surface area contributed by atoms with Crippen LogP contribution in [0.15, 0.2) is 126 Å². The first-order valence-corrected chi connectivity index (χ1v) is 15.3. The number of ketones is 1. The molecule has 228 valence electrons. The number of carbonyl (C=O) groups excluding carboxylic acids is 4. The van der Waals surface area contributed by atoms with Crippen LogP contribution in [0.4, 0.5) is 5.69 Å². The average Bonchev–Trinajstić information content (AvgIpc) is 3.33. The summed E-state index contributed by atoms with van der Waals surface area (Å²) in [4.78, 5) is 52.6. The number of hydrogen-bond donors (Lipinski definition) is 0. The molecule has 0 fully saturated rings. The van der Waals surface area contributed by atoms with E-state index in [2.05, 4.69) is 41.9 Å². The van der Waals surface area contributed by atoms with Crippen molar-refractivity contribution in [3.8, 4) is 11.5 Å². The molecule has 2 amide bonds. The lowest BCUT2D eigenvalue weighted by atomic mass is 9.78. The van der Waals surface area contributed by atoms with Gasteiger partial charge in [0.15, 0.2) is 12.4 Å². The second-order valence-electron chi connectivity index (χ2n) is 11.3. The molecule has 0 bridgehead atoms. The van der Waals surface area contributed by atoms with Crippen molar-refractivity contribution in [3.63, 3.8) is 0 Å². The summed E-state index contributed by atoms with van der Waals surface area (Å²) in [5.74, 6) is -1.01. The number of nitrogens with zero attached hydrogens (tertiary/aromatic N) is 1. The summed E-state index contributed by atoms with van der Waals surface area (Å²) < 4.78 is 12.0. The molecule has 5 aromatic carbocycles. The van der Waals surface area contributed by atoms with E-state index in [1.165, 1.54) is 23.8 Å². The Balaban J connectivity index is 1.11. The van der Waals surface area contributed by atoms with Gasteiger partial charge in [-0.25, -0.2) is 9.69 Å². The van der Waals surface area contributed by atoms with Gasteiger partial charge in [-0.1, -0.05) is 84.4 Å². The van der Waals surface area contributed by atoms with Gasteiger partial charge in [0.25, 0.3) is 11.8 Å². The fourth-order valence-corrected chi connectivity index (χ4v) is 5.56. The van der Waals surface area contributed by atoms with E-state index in [0.717, 1.165) is 14.9 Å². The third kappa shape index (κ3) is 6.12. The zero-order valence-electron chi connectivity index (χ0n) is 25.0. The highest BCUT2D eigenvalue weighted by Gasteiger charge is 2.37. The van der Waals surface area contributed by atoms with Crippen LogP contribution < -0.4 is 9.64 Å². The van der Waals surface area contributed by atoms with E-state index in [0.29, 0.717) is 22.7 Å². The smallest absolute Gasteiger partial charge is 0.338 e. The van der Waals surface area contributed by atoms with Crippen molar-refractivity contribution in [2.24, 2.45) is 0 Å². The second-order valence-corrected chi connectivity index (χ2v) is 12.2. The Bertz CT molecular complexity index is 1950. The Morgan fingerprint density at radius 1 is 0.674 bits per heavy atom. The highest BCUT2D eigenvalue weighted by molar-refractivity contribution is 9.10. The zero-order valence-corrected chi connectivity index (χ0v) is 26.6. The van der Waals surface area contributed by atoms with Gasteiger partial charge in [0, 0.05) is 15.5 Å². The fraction of sp³-hybridized carbons (Fsp3) is 0.105. The third-order valence-corrected chi connectivity index (χ3v) is 8.55. The van der Waals surface area contributed by atoms with Crippen molar-refractivity contribution in [2.75, 3.05) is 11.5 Å². The molecule has 0 atom stereocenters. The Morgan fingerprint density at radius 3 is 1.89 bits per heavy atom. The van der Waals surface area contributed by atoms with Crippen LogP contribution in [0.25, 0.3) is 0 Å². The number of imide groups is 1. The monoisotopic (exact) mass is 673 g/mol. The molecular formula is C38H28BrNO6. The maximum Gasteiger partial charge on any atom is 0.338 e. The lowest BCUT2D eigenvalue weighted by Gasteiger charge is -2.26. The topological polar surface area (TPSA) is 90.0 Å². The average molecular weight is 675 g/mol. The van der Waals surface area contributed by atoms with Gasteiger partial charge in [-0.3, -0.25) is 14.4 Å². The van der Waals surface area contributed by atoms with Gasteiger partial charge in [0.2, 0.25) is 0 Å². The fourth-order valence-electron chi connectivity index (χ4n) is 5.30. The minimum absolute atomic E-state index is 0.0623. The van der Waals surface area contributed by atoms with Gasteiger partial charge >= 0.3 is 5.97 Å². The number of hydrogen-bond acceptors (Lipinski definition) is 6. The predicted octanol–water partition coefficient (Wildman–Crippen LogP) is 8.41. The number of fused-ring (bicyclic) bond motifs is 1. The molecule has 0 aromatic heterocycles. The van der Waals surface area contributed by atoms with E-state index in [4.69, 9.17) is 9.47 Å². The summed E-state index contributed by atoms with van der Waals surface area (Å²) in [5, 5.41) is 0. The lowest BCUT2D eigenvalue weighted by Crippen LogP contribution is -2.29. The van der Waals surface area contributed by atoms with Crippen LogP contribution in [0.2, 0.25) is 0 Å². The lowest BCUT2D eigenvalue weighted by molar-refractivity contribution is 0.0474. The summed E-state index contributed by atoms with van der Waals surface area (Å²) in [7, 11) is 0. The maximum atomic E-state index is 13.3. The van der Waals surface area contributed by atoms with Crippen LogP contribution >= 0.6 is 15.9 Å². The van der Waals surface area contributed by atoms with E-state index in [9.17, 15) is 19.2 Å². The molecule has 8 heteroatoms. The molecule has 0 unspecified atom stereocenters. The Labute approximate surface area is 274 Å². The van der Waals surface area contributed by atoms with Crippen LogP contribution in [0.5, 0.6) is 11.5 Å². The number of benzene rings is 5. The van der Waals surface area contributed by atoms with E-state index >= 15 is 0 Å². The van der Waals surface area contributed by atoms with Gasteiger partial charge in [-0.15, -0.1) is 0 Å². The quantitative estimate of drug-likeness (QED) is 0.0887. The molecule has 1 aliphatic rings. The van der Waals surface area contributed by atoms with E-state index in [1.807, 2.05) is 42.5 Å². The molecule has 0 N–H and O–H groups in total. The first-order valence-electron chi connectivity index (χ1n) is 14.5. The molecule has 0 aliphatic carbocycles. The van der Waals surface area contributed by atoms with E-state index < -0.39 is 24.4 Å². The summed E-state index contributed by atoms with van der Waals surface area (Å²) in [6, 6.07) is 35.7. The molecule has 0 radical (unpaired) electrons. The number of Topliss-reactive ketones (excluding diaryl/α,β-unsaturated/α-hetero) is 1. The van der Waals surface area contributed by atoms with Crippen molar-refractivity contribution in [2.45, 2.75) is 19.3 Å². The second kappa shape index (κ2) is 12.6. The Kier molecular flexibility index (Phi) is 8.39. The van der Waals surface area contributed by atoms with Crippen LogP contribution in [-0.4, -0.2) is 30.2 Å². The molecule has 0 spiro atoms. The Morgan fingerprint density at radius 2 is 1.24 bits per heavy atom.